The summed E-state index contributed by atoms with van der Waals surface area (Å²) in [6, 6.07) is 9.19. The molecule has 1 amide bonds. The largest absolute Gasteiger partial charge is 0.493 e. The average Bonchev–Trinajstić information content (AvgIpc) is 3.16. The quantitative estimate of drug-likeness (QED) is 0.447. The number of aliphatic hydroxyl groups is 1. The molecule has 30 heavy (non-hydrogen) atoms. The number of nitro groups is 1. The number of hydrogen-bond donors (Lipinski definition) is 3. The Hall–Kier alpha value is -3.33. The van der Waals surface area contributed by atoms with Crippen LogP contribution in [-0.2, 0) is 6.54 Å². The molecule has 2 atom stereocenters. The van der Waals surface area contributed by atoms with Gasteiger partial charge in [-0.05, 0) is 43.0 Å². The van der Waals surface area contributed by atoms with Crippen molar-refractivity contribution in [2.75, 3.05) is 19.5 Å². The van der Waals surface area contributed by atoms with Crippen molar-refractivity contribution in [1.82, 2.24) is 5.32 Å². The molecule has 9 nitrogen and oxygen atoms in total. The number of anilines is 1. The molecule has 0 aromatic heterocycles. The van der Waals surface area contributed by atoms with E-state index in [-0.39, 0.29) is 23.8 Å². The first kappa shape index (κ1) is 21.4. The summed E-state index contributed by atoms with van der Waals surface area (Å²) in [7, 11) is 3.07. The summed E-state index contributed by atoms with van der Waals surface area (Å²) in [5.41, 5.74) is 1.22. The van der Waals surface area contributed by atoms with Crippen molar-refractivity contribution in [3.05, 3.63) is 57.6 Å². The van der Waals surface area contributed by atoms with Crippen molar-refractivity contribution in [3.63, 3.8) is 0 Å². The van der Waals surface area contributed by atoms with Gasteiger partial charge >= 0.3 is 0 Å². The Kier molecular flexibility index (Phi) is 6.73. The zero-order valence-electron chi connectivity index (χ0n) is 16.9. The van der Waals surface area contributed by atoms with Crippen molar-refractivity contribution >= 4 is 17.3 Å². The molecular weight excluding hydrogens is 390 g/mol. The number of carbonyl (C=O) groups excluding carboxylic acids is 1. The van der Waals surface area contributed by atoms with Crippen LogP contribution in [0.2, 0.25) is 0 Å². The van der Waals surface area contributed by atoms with Gasteiger partial charge < -0.3 is 25.2 Å². The molecule has 0 heterocycles. The van der Waals surface area contributed by atoms with E-state index in [4.69, 9.17) is 9.47 Å². The Morgan fingerprint density at radius 3 is 2.57 bits per heavy atom. The van der Waals surface area contributed by atoms with Crippen LogP contribution in [0.1, 0.15) is 35.2 Å². The molecule has 0 unspecified atom stereocenters. The lowest BCUT2D eigenvalue weighted by Gasteiger charge is -2.20. The third-order valence-electron chi connectivity index (χ3n) is 5.18. The number of nitro benzene ring substituents is 1. The minimum absolute atomic E-state index is 0.156. The Morgan fingerprint density at radius 2 is 1.93 bits per heavy atom. The van der Waals surface area contributed by atoms with E-state index in [2.05, 4.69) is 10.6 Å². The molecular formula is C21H25N3O6. The lowest BCUT2D eigenvalue weighted by molar-refractivity contribution is -0.384. The molecule has 0 aliphatic heterocycles. The number of ether oxygens (including phenoxy) is 2. The van der Waals surface area contributed by atoms with E-state index < -0.39 is 16.9 Å². The third kappa shape index (κ3) is 4.80. The molecule has 0 spiro atoms. The molecule has 9 heteroatoms. The van der Waals surface area contributed by atoms with Crippen LogP contribution in [-0.4, -0.2) is 42.3 Å². The van der Waals surface area contributed by atoms with Crippen molar-refractivity contribution in [3.8, 4) is 11.5 Å². The van der Waals surface area contributed by atoms with E-state index in [9.17, 15) is 20.0 Å². The van der Waals surface area contributed by atoms with Gasteiger partial charge in [-0.15, -0.1) is 0 Å². The first-order valence-corrected chi connectivity index (χ1v) is 9.65. The van der Waals surface area contributed by atoms with E-state index in [1.807, 2.05) is 0 Å². The Labute approximate surface area is 174 Å². The highest BCUT2D eigenvalue weighted by Gasteiger charge is 2.27. The van der Waals surface area contributed by atoms with Gasteiger partial charge in [0, 0.05) is 24.4 Å². The smallest absolute Gasteiger partial charge is 0.270 e. The number of amides is 1. The van der Waals surface area contributed by atoms with E-state index >= 15 is 0 Å². The van der Waals surface area contributed by atoms with Gasteiger partial charge in [0.2, 0.25) is 0 Å². The SMILES string of the molecule is COc1ccc(CNC(=O)c2cc([N+](=O)[O-])ccc2N[C@@H]2CCC[C@H]2O)cc1OC. The van der Waals surface area contributed by atoms with Crippen LogP contribution < -0.4 is 20.1 Å². The highest BCUT2D eigenvalue weighted by atomic mass is 16.6. The van der Waals surface area contributed by atoms with Gasteiger partial charge in [0.1, 0.15) is 0 Å². The second kappa shape index (κ2) is 9.45. The normalized spacial score (nSPS) is 18.0. The number of methoxy groups -OCH3 is 2. The number of benzene rings is 2. The summed E-state index contributed by atoms with van der Waals surface area (Å²) >= 11 is 0. The van der Waals surface area contributed by atoms with Crippen LogP contribution in [0.15, 0.2) is 36.4 Å². The zero-order valence-corrected chi connectivity index (χ0v) is 16.9. The number of hydrogen-bond acceptors (Lipinski definition) is 7. The number of carbonyl (C=O) groups is 1. The summed E-state index contributed by atoms with van der Waals surface area (Å²) < 4.78 is 10.5. The number of non-ortho nitro benzene ring substituents is 1. The van der Waals surface area contributed by atoms with Crippen LogP contribution in [0.3, 0.4) is 0 Å². The Bertz CT molecular complexity index is 933. The standard InChI is InChI=1S/C21H25N3O6/c1-29-19-9-6-13(10-20(19)30-2)12-22-21(26)15-11-14(24(27)28)7-8-16(15)23-17-4-3-5-18(17)25/h6-11,17-18,23,25H,3-5,12H2,1-2H3,(H,22,26)/t17-,18-/m1/s1. The molecule has 1 aliphatic rings. The van der Waals surface area contributed by atoms with Crippen LogP contribution in [0.5, 0.6) is 11.5 Å². The first-order chi connectivity index (χ1) is 14.4. The summed E-state index contributed by atoms with van der Waals surface area (Å²) in [5, 5.41) is 27.2. The minimum Gasteiger partial charge on any atom is -0.493 e. The van der Waals surface area contributed by atoms with Gasteiger partial charge in [-0.3, -0.25) is 14.9 Å². The number of aliphatic hydroxyl groups excluding tert-OH is 1. The number of rotatable bonds is 8. The number of nitrogens with one attached hydrogen (secondary N) is 2. The highest BCUT2D eigenvalue weighted by Crippen LogP contribution is 2.29. The second-order valence-electron chi connectivity index (χ2n) is 7.11. The van der Waals surface area contributed by atoms with Crippen molar-refractivity contribution in [2.45, 2.75) is 38.0 Å². The van der Waals surface area contributed by atoms with Crippen LogP contribution in [0.4, 0.5) is 11.4 Å². The fourth-order valence-electron chi connectivity index (χ4n) is 3.54. The first-order valence-electron chi connectivity index (χ1n) is 9.65. The molecule has 2 aromatic carbocycles. The summed E-state index contributed by atoms with van der Waals surface area (Å²) in [6.45, 7) is 0.202. The molecule has 1 saturated carbocycles. The molecule has 0 bridgehead atoms. The maximum absolute atomic E-state index is 12.9. The van der Waals surface area contributed by atoms with Crippen LogP contribution >= 0.6 is 0 Å². The Morgan fingerprint density at radius 1 is 1.17 bits per heavy atom. The molecule has 3 rings (SSSR count). The molecule has 1 fully saturated rings. The minimum atomic E-state index is -0.542. The van der Waals surface area contributed by atoms with Crippen molar-refractivity contribution in [1.29, 1.82) is 0 Å². The average molecular weight is 415 g/mol. The summed E-state index contributed by atoms with van der Waals surface area (Å²) in [6.07, 6.45) is 1.83. The molecule has 2 aromatic rings. The van der Waals surface area contributed by atoms with E-state index in [0.29, 0.717) is 23.6 Å². The lowest BCUT2D eigenvalue weighted by Crippen LogP contribution is -2.30. The van der Waals surface area contributed by atoms with Gasteiger partial charge in [-0.2, -0.15) is 0 Å². The lowest BCUT2D eigenvalue weighted by atomic mass is 10.1. The van der Waals surface area contributed by atoms with Gasteiger partial charge in [-0.1, -0.05) is 6.07 Å². The Balaban J connectivity index is 1.79. The van der Waals surface area contributed by atoms with Gasteiger partial charge in [0.25, 0.3) is 11.6 Å². The van der Waals surface area contributed by atoms with Gasteiger partial charge in [0.15, 0.2) is 11.5 Å². The van der Waals surface area contributed by atoms with Crippen molar-refractivity contribution < 1.29 is 24.3 Å². The maximum Gasteiger partial charge on any atom is 0.270 e. The predicted molar refractivity (Wildman–Crippen MR) is 111 cm³/mol. The number of nitrogens with zero attached hydrogens (tertiary/aromatic N) is 1. The summed E-state index contributed by atoms with van der Waals surface area (Å²) in [4.78, 5) is 23.5. The van der Waals surface area contributed by atoms with Crippen molar-refractivity contribution in [2.24, 2.45) is 0 Å². The summed E-state index contributed by atoms with van der Waals surface area (Å²) in [5.74, 6) is 0.661. The van der Waals surface area contributed by atoms with E-state index in [1.54, 1.807) is 18.2 Å². The third-order valence-corrected chi connectivity index (χ3v) is 5.18. The molecule has 3 N–H and O–H groups in total. The maximum atomic E-state index is 12.9. The van der Waals surface area contributed by atoms with Gasteiger partial charge in [0.05, 0.1) is 36.9 Å². The van der Waals surface area contributed by atoms with Crippen LogP contribution in [0.25, 0.3) is 0 Å². The topological polar surface area (TPSA) is 123 Å². The molecule has 0 radical (unpaired) electrons. The highest BCUT2D eigenvalue weighted by molar-refractivity contribution is 6.00. The second-order valence-corrected chi connectivity index (χ2v) is 7.11. The monoisotopic (exact) mass is 415 g/mol. The molecule has 0 saturated heterocycles. The molecule has 160 valence electrons. The fraction of sp³-hybridized carbons (Fsp3) is 0.381. The van der Waals surface area contributed by atoms with Crippen LogP contribution in [0, 0.1) is 10.1 Å². The van der Waals surface area contributed by atoms with E-state index in [0.717, 1.165) is 18.4 Å². The zero-order chi connectivity index (χ0) is 21.7. The molecule has 1 aliphatic carbocycles. The predicted octanol–water partition coefficient (Wildman–Crippen LogP) is 2.87. The van der Waals surface area contributed by atoms with Gasteiger partial charge in [-0.25, -0.2) is 0 Å². The van der Waals surface area contributed by atoms with E-state index in [1.165, 1.54) is 32.4 Å². The fourth-order valence-corrected chi connectivity index (χ4v) is 3.54.